The lowest BCUT2D eigenvalue weighted by Crippen LogP contribution is -2.37. The molecule has 7 heteroatoms. The molecule has 0 spiro atoms. The molecule has 2 aromatic rings. The van der Waals surface area contributed by atoms with Crippen LogP contribution in [0.25, 0.3) is 0 Å². The lowest BCUT2D eigenvalue weighted by atomic mass is 9.77. The first kappa shape index (κ1) is 27.3. The zero-order chi connectivity index (χ0) is 25.1. The molecule has 7 nitrogen and oxygen atoms in total. The summed E-state index contributed by atoms with van der Waals surface area (Å²) in [5, 5.41) is 29.3. The third kappa shape index (κ3) is 6.57. The highest BCUT2D eigenvalue weighted by Crippen LogP contribution is 2.32. The summed E-state index contributed by atoms with van der Waals surface area (Å²) in [7, 11) is 3.69. The lowest BCUT2D eigenvalue weighted by Gasteiger charge is -2.27. The quantitative estimate of drug-likeness (QED) is 0.435. The number of hydrogen-bond donors (Lipinski definition) is 2. The van der Waals surface area contributed by atoms with Crippen LogP contribution < -0.4 is 4.74 Å². The molecule has 2 aromatic carbocycles. The Morgan fingerprint density at radius 1 is 1.12 bits per heavy atom. The Morgan fingerprint density at radius 2 is 1.85 bits per heavy atom. The first-order valence-electron chi connectivity index (χ1n) is 11.6. The van der Waals surface area contributed by atoms with Crippen LogP contribution in [0.4, 0.5) is 0 Å². The molecule has 2 N–H and O–H groups in total. The van der Waals surface area contributed by atoms with Crippen LogP contribution in [0.15, 0.2) is 36.4 Å². The van der Waals surface area contributed by atoms with Gasteiger partial charge in [-0.15, -0.1) is 0 Å². The van der Waals surface area contributed by atoms with Gasteiger partial charge in [0.05, 0.1) is 33.0 Å². The second kappa shape index (κ2) is 13.1. The van der Waals surface area contributed by atoms with Gasteiger partial charge in [0.1, 0.15) is 5.75 Å². The Hall–Kier alpha value is -2.92. The van der Waals surface area contributed by atoms with Crippen LogP contribution in [-0.4, -0.2) is 54.9 Å². The molecular formula is C27H36N2O5. The number of aryl methyl sites for hydroxylation is 1. The van der Waals surface area contributed by atoms with Gasteiger partial charge in [-0.3, -0.25) is 0 Å². The number of nitrogens with zero attached hydrogens (tertiary/aromatic N) is 2. The lowest BCUT2D eigenvalue weighted by molar-refractivity contribution is -0.148. The normalized spacial score (nSPS) is 12.8. The molecule has 0 aromatic heterocycles. The van der Waals surface area contributed by atoms with Crippen molar-refractivity contribution in [3.05, 3.63) is 64.2 Å². The molecule has 0 saturated carbocycles. The predicted molar refractivity (Wildman–Crippen MR) is 130 cm³/mol. The van der Waals surface area contributed by atoms with E-state index in [1.165, 1.54) is 5.56 Å². The first-order valence-corrected chi connectivity index (χ1v) is 11.6. The van der Waals surface area contributed by atoms with Crippen molar-refractivity contribution >= 4 is 5.97 Å². The first-order chi connectivity index (χ1) is 16.3. The Kier molecular flexibility index (Phi) is 10.5. The van der Waals surface area contributed by atoms with Gasteiger partial charge in [0, 0.05) is 6.54 Å². The monoisotopic (exact) mass is 468 g/mol. The summed E-state index contributed by atoms with van der Waals surface area (Å²) in [6.45, 7) is 4.90. The van der Waals surface area contributed by atoms with Gasteiger partial charge in [0.2, 0.25) is 0 Å². The van der Waals surface area contributed by atoms with Gasteiger partial charge < -0.3 is 24.6 Å². The number of likely N-dealkylation sites (N-methyl/N-ethyl adjacent to an activating group) is 1. The molecule has 0 aliphatic rings. The number of methoxy groups -OCH3 is 1. The van der Waals surface area contributed by atoms with Gasteiger partial charge in [-0.25, -0.2) is 4.79 Å². The maximum atomic E-state index is 12.9. The fourth-order valence-corrected chi connectivity index (χ4v) is 4.04. The highest BCUT2D eigenvalue weighted by atomic mass is 16.5. The van der Waals surface area contributed by atoms with Gasteiger partial charge in [0.15, 0.2) is 5.41 Å². The summed E-state index contributed by atoms with van der Waals surface area (Å²) < 4.78 is 10.7. The zero-order valence-corrected chi connectivity index (χ0v) is 20.6. The molecule has 1 atom stereocenters. The van der Waals surface area contributed by atoms with E-state index in [0.717, 1.165) is 24.3 Å². The molecule has 2 rings (SSSR count). The molecule has 0 fully saturated rings. The van der Waals surface area contributed by atoms with E-state index in [4.69, 9.17) is 9.47 Å². The Bertz CT molecular complexity index is 1000. The van der Waals surface area contributed by atoms with Crippen molar-refractivity contribution < 1.29 is 24.5 Å². The molecule has 0 amide bonds. The summed E-state index contributed by atoms with van der Waals surface area (Å²) in [5.41, 5.74) is 2.35. The van der Waals surface area contributed by atoms with Gasteiger partial charge in [-0.1, -0.05) is 30.3 Å². The Balaban J connectivity index is 2.11. The standard InChI is InChI=1S/C27H36N2O5/c1-5-34-26(32)27(19-28,24-10-9-22(17-30)23(16-24)18-31)12-6-13-29(3)14-11-21-8-7-20(2)25(15-21)33-4/h7-10,15-16,30-31H,5-6,11-14,17-18H2,1-4H3. The molecule has 184 valence electrons. The fourth-order valence-electron chi connectivity index (χ4n) is 4.04. The molecule has 0 aliphatic carbocycles. The van der Waals surface area contributed by atoms with E-state index in [2.05, 4.69) is 29.2 Å². The maximum Gasteiger partial charge on any atom is 0.331 e. The van der Waals surface area contributed by atoms with Crippen LogP contribution in [0, 0.1) is 18.3 Å². The third-order valence-electron chi connectivity index (χ3n) is 6.20. The number of aliphatic hydroxyl groups is 2. The van der Waals surface area contributed by atoms with Crippen molar-refractivity contribution in [3.63, 3.8) is 0 Å². The number of esters is 1. The second-order valence-corrected chi connectivity index (χ2v) is 8.50. The number of ether oxygens (including phenoxy) is 2. The fraction of sp³-hybridized carbons (Fsp3) is 0.481. The molecule has 0 saturated heterocycles. The third-order valence-corrected chi connectivity index (χ3v) is 6.20. The number of benzene rings is 2. The smallest absolute Gasteiger partial charge is 0.331 e. The minimum absolute atomic E-state index is 0.170. The molecule has 0 heterocycles. The number of aliphatic hydroxyl groups excluding tert-OH is 2. The van der Waals surface area contributed by atoms with Crippen LogP contribution in [0.3, 0.4) is 0 Å². The largest absolute Gasteiger partial charge is 0.496 e. The summed E-state index contributed by atoms with van der Waals surface area (Å²) >= 11 is 0. The van der Waals surface area contributed by atoms with Crippen LogP contribution in [0.2, 0.25) is 0 Å². The molecule has 0 bridgehead atoms. The van der Waals surface area contributed by atoms with E-state index in [1.54, 1.807) is 32.2 Å². The molecule has 34 heavy (non-hydrogen) atoms. The van der Waals surface area contributed by atoms with E-state index >= 15 is 0 Å². The summed E-state index contributed by atoms with van der Waals surface area (Å²) in [6.07, 6.45) is 1.75. The van der Waals surface area contributed by atoms with Crippen molar-refractivity contribution in [1.29, 1.82) is 5.26 Å². The highest BCUT2D eigenvalue weighted by Gasteiger charge is 2.42. The van der Waals surface area contributed by atoms with Crippen molar-refractivity contribution in [1.82, 2.24) is 4.90 Å². The number of carbonyl (C=O) groups excluding carboxylic acids is 1. The average molecular weight is 469 g/mol. The number of rotatable bonds is 13. The van der Waals surface area contributed by atoms with Crippen molar-refractivity contribution in [2.24, 2.45) is 0 Å². The van der Waals surface area contributed by atoms with Crippen LogP contribution in [-0.2, 0) is 34.6 Å². The van der Waals surface area contributed by atoms with E-state index in [-0.39, 0.29) is 26.2 Å². The van der Waals surface area contributed by atoms with E-state index in [9.17, 15) is 20.3 Å². The second-order valence-electron chi connectivity index (χ2n) is 8.50. The summed E-state index contributed by atoms with van der Waals surface area (Å²) in [5.74, 6) is 0.287. The number of carbonyl (C=O) groups is 1. The average Bonchev–Trinajstić information content (AvgIpc) is 2.85. The molecular weight excluding hydrogens is 432 g/mol. The zero-order valence-electron chi connectivity index (χ0n) is 20.6. The Labute approximate surface area is 202 Å². The van der Waals surface area contributed by atoms with Gasteiger partial charge in [0.25, 0.3) is 0 Å². The van der Waals surface area contributed by atoms with Gasteiger partial charge in [-0.2, -0.15) is 5.26 Å². The van der Waals surface area contributed by atoms with E-state index in [1.807, 2.05) is 14.0 Å². The number of nitriles is 1. The van der Waals surface area contributed by atoms with Crippen molar-refractivity contribution in [2.45, 2.75) is 51.7 Å². The maximum absolute atomic E-state index is 12.9. The minimum Gasteiger partial charge on any atom is -0.496 e. The van der Waals surface area contributed by atoms with Crippen LogP contribution >= 0.6 is 0 Å². The highest BCUT2D eigenvalue weighted by molar-refractivity contribution is 5.87. The van der Waals surface area contributed by atoms with Crippen LogP contribution in [0.5, 0.6) is 5.75 Å². The molecule has 1 unspecified atom stereocenters. The van der Waals surface area contributed by atoms with Crippen molar-refractivity contribution in [2.75, 3.05) is 33.9 Å². The van der Waals surface area contributed by atoms with E-state index < -0.39 is 11.4 Å². The topological polar surface area (TPSA) is 103 Å². The summed E-state index contributed by atoms with van der Waals surface area (Å²) in [4.78, 5) is 15.1. The SMILES string of the molecule is CCOC(=O)C(C#N)(CCCN(C)CCc1ccc(C)c(OC)c1)c1ccc(CO)c(CO)c1. The molecule has 0 radical (unpaired) electrons. The summed E-state index contributed by atoms with van der Waals surface area (Å²) in [6, 6.07) is 13.3. The minimum atomic E-state index is -1.47. The van der Waals surface area contributed by atoms with E-state index in [0.29, 0.717) is 29.7 Å². The molecule has 0 aliphatic heterocycles. The van der Waals surface area contributed by atoms with Gasteiger partial charge in [-0.05, 0) is 80.6 Å². The Morgan fingerprint density at radius 3 is 2.47 bits per heavy atom. The van der Waals surface area contributed by atoms with Gasteiger partial charge >= 0.3 is 5.97 Å². The van der Waals surface area contributed by atoms with Crippen molar-refractivity contribution in [3.8, 4) is 11.8 Å². The van der Waals surface area contributed by atoms with Crippen LogP contribution in [0.1, 0.15) is 47.6 Å². The predicted octanol–water partition coefficient (Wildman–Crippen LogP) is 3.27. The number of hydrogen-bond acceptors (Lipinski definition) is 7.